The van der Waals surface area contributed by atoms with E-state index in [-0.39, 0.29) is 17.7 Å². The highest BCUT2D eigenvalue weighted by molar-refractivity contribution is 5.84. The van der Waals surface area contributed by atoms with Crippen LogP contribution in [0.25, 0.3) is 0 Å². The van der Waals surface area contributed by atoms with Crippen LogP contribution in [-0.4, -0.2) is 46.6 Å². The summed E-state index contributed by atoms with van der Waals surface area (Å²) in [5.41, 5.74) is 3.16. The molecule has 3 rings (SSSR count). The molecule has 1 fully saturated rings. The Morgan fingerprint density at radius 1 is 1.21 bits per heavy atom. The van der Waals surface area contributed by atoms with Crippen molar-refractivity contribution in [2.45, 2.75) is 32.4 Å². The van der Waals surface area contributed by atoms with E-state index in [0.29, 0.717) is 32.5 Å². The van der Waals surface area contributed by atoms with E-state index in [4.69, 9.17) is 0 Å². The largest absolute Gasteiger partial charge is 0.352 e. The molecule has 7 heteroatoms. The third-order valence-corrected chi connectivity index (χ3v) is 5.36. The molecular formula is C21H29N5O2. The van der Waals surface area contributed by atoms with E-state index >= 15 is 0 Å². The fraction of sp³-hybridized carbons (Fsp3) is 0.476. The maximum absolute atomic E-state index is 12.9. The quantitative estimate of drug-likeness (QED) is 0.793. The van der Waals surface area contributed by atoms with E-state index in [1.807, 2.05) is 49.3 Å². The number of nitrogens with one attached hydrogen (secondary N) is 2. The molecule has 1 aliphatic rings. The lowest BCUT2D eigenvalue weighted by Gasteiger charge is -2.33. The molecule has 1 aromatic carbocycles. The molecule has 2 heterocycles. The standard InChI is InChI=1S/C21H29N5O2/c1-15-4-6-16(7-5-15)12-23-20(27)17-8-10-26(11-9-17)21(28)19(22-2)18-13-24-25(3)14-18/h4-7,13-14,17,19,22H,8-12H2,1-3H3,(H,23,27). The van der Waals surface area contributed by atoms with Crippen molar-refractivity contribution in [2.24, 2.45) is 13.0 Å². The minimum atomic E-state index is -0.402. The lowest BCUT2D eigenvalue weighted by atomic mass is 9.95. The summed E-state index contributed by atoms with van der Waals surface area (Å²) in [6.45, 7) is 3.78. The Bertz CT molecular complexity index is 806. The van der Waals surface area contributed by atoms with Crippen LogP contribution in [0.15, 0.2) is 36.7 Å². The molecular weight excluding hydrogens is 354 g/mol. The average molecular weight is 383 g/mol. The molecule has 1 aliphatic heterocycles. The van der Waals surface area contributed by atoms with Crippen molar-refractivity contribution in [1.29, 1.82) is 0 Å². The van der Waals surface area contributed by atoms with Gasteiger partial charge >= 0.3 is 0 Å². The van der Waals surface area contributed by atoms with Crippen LogP contribution in [0.1, 0.15) is 35.6 Å². The van der Waals surface area contributed by atoms with Gasteiger partial charge in [0.1, 0.15) is 6.04 Å². The van der Waals surface area contributed by atoms with Gasteiger partial charge < -0.3 is 15.5 Å². The summed E-state index contributed by atoms with van der Waals surface area (Å²) in [4.78, 5) is 27.2. The van der Waals surface area contributed by atoms with Crippen LogP contribution in [0.4, 0.5) is 0 Å². The van der Waals surface area contributed by atoms with Gasteiger partial charge in [-0.05, 0) is 32.4 Å². The lowest BCUT2D eigenvalue weighted by Crippen LogP contribution is -2.46. The van der Waals surface area contributed by atoms with Gasteiger partial charge in [0.2, 0.25) is 11.8 Å². The predicted octanol–water partition coefficient (Wildman–Crippen LogP) is 1.54. The molecule has 1 aromatic heterocycles. The van der Waals surface area contributed by atoms with E-state index in [9.17, 15) is 9.59 Å². The number of aromatic nitrogens is 2. The van der Waals surface area contributed by atoms with Gasteiger partial charge in [0, 0.05) is 44.4 Å². The first-order valence-corrected chi connectivity index (χ1v) is 9.75. The normalized spacial score (nSPS) is 16.0. The third kappa shape index (κ3) is 4.78. The molecule has 2 aromatic rings. The van der Waals surface area contributed by atoms with Crippen LogP contribution in [-0.2, 0) is 23.2 Å². The monoisotopic (exact) mass is 383 g/mol. The van der Waals surface area contributed by atoms with Gasteiger partial charge in [-0.2, -0.15) is 5.10 Å². The predicted molar refractivity (Wildman–Crippen MR) is 107 cm³/mol. The van der Waals surface area contributed by atoms with E-state index in [2.05, 4.69) is 15.7 Å². The zero-order valence-corrected chi connectivity index (χ0v) is 16.8. The number of likely N-dealkylation sites (N-methyl/N-ethyl adjacent to an activating group) is 1. The highest BCUT2D eigenvalue weighted by Gasteiger charge is 2.31. The first kappa shape index (κ1) is 20.1. The molecule has 1 saturated heterocycles. The van der Waals surface area contributed by atoms with Crippen molar-refractivity contribution >= 4 is 11.8 Å². The molecule has 2 N–H and O–H groups in total. The molecule has 0 bridgehead atoms. The Labute approximate surface area is 166 Å². The first-order valence-electron chi connectivity index (χ1n) is 9.75. The number of carbonyl (C=O) groups excluding carboxylic acids is 2. The molecule has 150 valence electrons. The molecule has 0 spiro atoms. The van der Waals surface area contributed by atoms with Crippen molar-refractivity contribution in [3.05, 3.63) is 53.3 Å². The van der Waals surface area contributed by atoms with Gasteiger partial charge in [0.05, 0.1) is 6.20 Å². The number of likely N-dealkylation sites (tertiary alicyclic amines) is 1. The Balaban J connectivity index is 1.49. The second-order valence-corrected chi connectivity index (χ2v) is 7.47. The van der Waals surface area contributed by atoms with Crippen LogP contribution in [0.3, 0.4) is 0 Å². The molecule has 1 atom stereocenters. The van der Waals surface area contributed by atoms with Crippen LogP contribution in [0.5, 0.6) is 0 Å². The smallest absolute Gasteiger partial charge is 0.244 e. The Hall–Kier alpha value is -2.67. The van der Waals surface area contributed by atoms with Crippen LogP contribution in [0, 0.1) is 12.8 Å². The third-order valence-electron chi connectivity index (χ3n) is 5.36. The SMILES string of the molecule is CNC(C(=O)N1CCC(C(=O)NCc2ccc(C)cc2)CC1)c1cnn(C)c1. The molecule has 0 radical (unpaired) electrons. The molecule has 7 nitrogen and oxygen atoms in total. The van der Waals surface area contributed by atoms with E-state index in [0.717, 1.165) is 11.1 Å². The topological polar surface area (TPSA) is 79.3 Å². The minimum absolute atomic E-state index is 0.0361. The van der Waals surface area contributed by atoms with Crippen LogP contribution < -0.4 is 10.6 Å². The van der Waals surface area contributed by atoms with Gasteiger partial charge in [-0.25, -0.2) is 0 Å². The molecule has 1 unspecified atom stereocenters. The van der Waals surface area contributed by atoms with Crippen molar-refractivity contribution in [2.75, 3.05) is 20.1 Å². The molecule has 28 heavy (non-hydrogen) atoms. The van der Waals surface area contributed by atoms with Gasteiger partial charge in [0.25, 0.3) is 0 Å². The van der Waals surface area contributed by atoms with Crippen LogP contribution in [0.2, 0.25) is 0 Å². The number of rotatable bonds is 6. The summed E-state index contributed by atoms with van der Waals surface area (Å²) >= 11 is 0. The number of hydrogen-bond acceptors (Lipinski definition) is 4. The second kappa shape index (κ2) is 9.01. The Morgan fingerprint density at radius 3 is 2.46 bits per heavy atom. The van der Waals surface area contributed by atoms with Gasteiger partial charge in [-0.3, -0.25) is 14.3 Å². The van der Waals surface area contributed by atoms with E-state index in [1.54, 1.807) is 17.9 Å². The number of amides is 2. The van der Waals surface area contributed by atoms with E-state index in [1.165, 1.54) is 5.56 Å². The van der Waals surface area contributed by atoms with Crippen LogP contribution >= 0.6 is 0 Å². The van der Waals surface area contributed by atoms with Crippen molar-refractivity contribution in [3.8, 4) is 0 Å². The fourth-order valence-corrected chi connectivity index (χ4v) is 3.61. The summed E-state index contributed by atoms with van der Waals surface area (Å²) in [6.07, 6.45) is 4.94. The summed E-state index contributed by atoms with van der Waals surface area (Å²) in [7, 11) is 3.61. The summed E-state index contributed by atoms with van der Waals surface area (Å²) < 4.78 is 1.69. The zero-order chi connectivity index (χ0) is 20.1. The maximum Gasteiger partial charge on any atom is 0.244 e. The number of piperidine rings is 1. The fourth-order valence-electron chi connectivity index (χ4n) is 3.61. The number of hydrogen-bond donors (Lipinski definition) is 2. The van der Waals surface area contributed by atoms with Crippen molar-refractivity contribution in [1.82, 2.24) is 25.3 Å². The summed E-state index contributed by atoms with van der Waals surface area (Å²) in [5.74, 6) is 0.0695. The number of aryl methyl sites for hydroxylation is 2. The molecule has 2 amide bonds. The molecule has 0 saturated carbocycles. The van der Waals surface area contributed by atoms with Gasteiger partial charge in [0.15, 0.2) is 0 Å². The number of nitrogens with zero attached hydrogens (tertiary/aromatic N) is 3. The Morgan fingerprint density at radius 2 is 1.89 bits per heavy atom. The highest BCUT2D eigenvalue weighted by atomic mass is 16.2. The first-order chi connectivity index (χ1) is 13.5. The Kier molecular flexibility index (Phi) is 6.46. The van der Waals surface area contributed by atoms with Crippen molar-refractivity contribution in [3.63, 3.8) is 0 Å². The maximum atomic E-state index is 12.9. The lowest BCUT2D eigenvalue weighted by molar-refractivity contribution is -0.137. The van der Waals surface area contributed by atoms with Gasteiger partial charge in [-0.1, -0.05) is 29.8 Å². The number of benzene rings is 1. The summed E-state index contributed by atoms with van der Waals surface area (Å²) in [6, 6.07) is 7.76. The number of carbonyl (C=O) groups is 2. The average Bonchev–Trinajstić information content (AvgIpc) is 3.14. The minimum Gasteiger partial charge on any atom is -0.352 e. The van der Waals surface area contributed by atoms with Crippen molar-refractivity contribution < 1.29 is 9.59 Å². The van der Waals surface area contributed by atoms with E-state index < -0.39 is 6.04 Å². The highest BCUT2D eigenvalue weighted by Crippen LogP contribution is 2.22. The molecule has 0 aliphatic carbocycles. The zero-order valence-electron chi connectivity index (χ0n) is 16.8. The second-order valence-electron chi connectivity index (χ2n) is 7.47. The summed E-state index contributed by atoms with van der Waals surface area (Å²) in [5, 5.41) is 10.3. The van der Waals surface area contributed by atoms with Gasteiger partial charge in [-0.15, -0.1) is 0 Å².